The van der Waals surface area contributed by atoms with Crippen LogP contribution in [0.4, 0.5) is 0 Å². The van der Waals surface area contributed by atoms with Gasteiger partial charge in [-0.3, -0.25) is 0 Å². The second kappa shape index (κ2) is 7.13. The van der Waals surface area contributed by atoms with Crippen molar-refractivity contribution in [2.75, 3.05) is 20.6 Å². The van der Waals surface area contributed by atoms with Gasteiger partial charge in [0.05, 0.1) is 0 Å². The molecule has 1 N–H and O–H groups in total. The van der Waals surface area contributed by atoms with E-state index in [0.29, 0.717) is 5.54 Å². The highest BCUT2D eigenvalue weighted by atomic mass is 35.5. The largest absolute Gasteiger partial charge is 0.311 e. The van der Waals surface area contributed by atoms with Gasteiger partial charge in [-0.1, -0.05) is 43.5 Å². The van der Waals surface area contributed by atoms with Crippen molar-refractivity contribution in [1.82, 2.24) is 10.2 Å². The van der Waals surface area contributed by atoms with Crippen molar-refractivity contribution in [2.45, 2.75) is 51.6 Å². The molecule has 0 bridgehead atoms. The SMILES string of the molecule is Cc1ccc(CNCC2(N(C)C)CCCC(C)C2)cc1Cl. The molecule has 1 aliphatic rings. The van der Waals surface area contributed by atoms with Gasteiger partial charge in [0.15, 0.2) is 0 Å². The number of rotatable bonds is 5. The van der Waals surface area contributed by atoms with Crippen LogP contribution in [-0.4, -0.2) is 31.1 Å². The second-order valence-corrected chi connectivity index (χ2v) is 7.41. The summed E-state index contributed by atoms with van der Waals surface area (Å²) in [6.07, 6.45) is 5.31. The highest BCUT2D eigenvalue weighted by molar-refractivity contribution is 6.31. The molecule has 21 heavy (non-hydrogen) atoms. The van der Waals surface area contributed by atoms with E-state index in [9.17, 15) is 0 Å². The van der Waals surface area contributed by atoms with Crippen molar-refractivity contribution in [3.8, 4) is 0 Å². The number of hydrogen-bond acceptors (Lipinski definition) is 2. The molecule has 1 fully saturated rings. The Bertz CT molecular complexity index is 472. The van der Waals surface area contributed by atoms with Crippen LogP contribution in [-0.2, 0) is 6.54 Å². The Labute approximate surface area is 134 Å². The van der Waals surface area contributed by atoms with E-state index >= 15 is 0 Å². The molecule has 2 rings (SSSR count). The first-order valence-corrected chi connectivity index (χ1v) is 8.44. The molecule has 118 valence electrons. The average Bonchev–Trinajstić information content (AvgIpc) is 2.42. The van der Waals surface area contributed by atoms with Crippen molar-refractivity contribution in [3.63, 3.8) is 0 Å². The summed E-state index contributed by atoms with van der Waals surface area (Å²) in [6, 6.07) is 6.35. The number of nitrogens with zero attached hydrogens (tertiary/aromatic N) is 1. The summed E-state index contributed by atoms with van der Waals surface area (Å²) >= 11 is 6.20. The maximum Gasteiger partial charge on any atom is 0.0438 e. The Morgan fingerprint density at radius 2 is 2.14 bits per heavy atom. The lowest BCUT2D eigenvalue weighted by atomic mass is 9.75. The zero-order valence-electron chi connectivity index (χ0n) is 13.9. The van der Waals surface area contributed by atoms with Crippen LogP contribution < -0.4 is 5.32 Å². The Balaban J connectivity index is 1.94. The van der Waals surface area contributed by atoms with Gasteiger partial charge in [0.1, 0.15) is 0 Å². The highest BCUT2D eigenvalue weighted by Crippen LogP contribution is 2.35. The molecule has 1 aliphatic carbocycles. The fourth-order valence-electron chi connectivity index (χ4n) is 3.54. The van der Waals surface area contributed by atoms with Gasteiger partial charge >= 0.3 is 0 Å². The van der Waals surface area contributed by atoms with E-state index in [0.717, 1.165) is 29.6 Å². The van der Waals surface area contributed by atoms with Crippen LogP contribution in [0, 0.1) is 12.8 Å². The molecule has 2 atom stereocenters. The van der Waals surface area contributed by atoms with Gasteiger partial charge in [-0.15, -0.1) is 0 Å². The minimum absolute atomic E-state index is 0.312. The molecule has 0 aliphatic heterocycles. The summed E-state index contributed by atoms with van der Waals surface area (Å²) in [5.74, 6) is 0.830. The van der Waals surface area contributed by atoms with Gasteiger partial charge in [-0.2, -0.15) is 0 Å². The smallest absolute Gasteiger partial charge is 0.0438 e. The van der Waals surface area contributed by atoms with Crippen molar-refractivity contribution in [3.05, 3.63) is 34.3 Å². The Hall–Kier alpha value is -0.570. The standard InChI is InChI=1S/C18H29ClN2/c1-14-6-5-9-18(11-14,21(3)4)13-20-12-16-8-7-15(2)17(19)10-16/h7-8,10,14,20H,5-6,9,11-13H2,1-4H3. The number of likely N-dealkylation sites (N-methyl/N-ethyl adjacent to an activating group) is 1. The van der Waals surface area contributed by atoms with Crippen LogP contribution in [0.2, 0.25) is 5.02 Å². The van der Waals surface area contributed by atoms with Gasteiger partial charge in [0.2, 0.25) is 0 Å². The highest BCUT2D eigenvalue weighted by Gasteiger charge is 2.36. The monoisotopic (exact) mass is 308 g/mol. The Morgan fingerprint density at radius 1 is 1.38 bits per heavy atom. The zero-order valence-corrected chi connectivity index (χ0v) is 14.6. The summed E-state index contributed by atoms with van der Waals surface area (Å²) in [6.45, 7) is 6.38. The van der Waals surface area contributed by atoms with Crippen molar-refractivity contribution >= 4 is 11.6 Å². The van der Waals surface area contributed by atoms with E-state index in [4.69, 9.17) is 11.6 Å². The third-order valence-corrected chi connectivity index (χ3v) is 5.44. The molecule has 1 aromatic rings. The predicted molar refractivity (Wildman–Crippen MR) is 91.9 cm³/mol. The molecule has 1 aromatic carbocycles. The minimum atomic E-state index is 0.312. The lowest BCUT2D eigenvalue weighted by molar-refractivity contribution is 0.0749. The zero-order chi connectivity index (χ0) is 15.5. The molecule has 0 aromatic heterocycles. The van der Waals surface area contributed by atoms with Crippen molar-refractivity contribution < 1.29 is 0 Å². The summed E-state index contributed by atoms with van der Waals surface area (Å²) in [5.41, 5.74) is 2.72. The summed E-state index contributed by atoms with van der Waals surface area (Å²) < 4.78 is 0. The van der Waals surface area contributed by atoms with Gasteiger partial charge in [0.25, 0.3) is 0 Å². The first kappa shape index (κ1) is 16.8. The van der Waals surface area contributed by atoms with E-state index in [-0.39, 0.29) is 0 Å². The molecule has 0 spiro atoms. The number of hydrogen-bond donors (Lipinski definition) is 1. The van der Waals surface area contributed by atoms with E-state index in [1.807, 2.05) is 6.92 Å². The minimum Gasteiger partial charge on any atom is -0.311 e. The van der Waals surface area contributed by atoms with Crippen molar-refractivity contribution in [2.24, 2.45) is 5.92 Å². The molecule has 0 radical (unpaired) electrons. The molecule has 0 saturated heterocycles. The van der Waals surface area contributed by atoms with Crippen LogP contribution in [0.3, 0.4) is 0 Å². The first-order valence-electron chi connectivity index (χ1n) is 8.06. The second-order valence-electron chi connectivity index (χ2n) is 7.01. The molecule has 0 amide bonds. The summed E-state index contributed by atoms with van der Waals surface area (Å²) in [5, 5.41) is 4.52. The lowest BCUT2D eigenvalue weighted by Gasteiger charge is -2.45. The Morgan fingerprint density at radius 3 is 2.76 bits per heavy atom. The quantitative estimate of drug-likeness (QED) is 0.875. The normalized spacial score (nSPS) is 26.3. The van der Waals surface area contributed by atoms with Crippen LogP contribution in [0.15, 0.2) is 18.2 Å². The van der Waals surface area contributed by atoms with E-state index in [1.54, 1.807) is 0 Å². The van der Waals surface area contributed by atoms with E-state index < -0.39 is 0 Å². The topological polar surface area (TPSA) is 15.3 Å². The van der Waals surface area contributed by atoms with Gasteiger partial charge < -0.3 is 10.2 Å². The molecule has 2 unspecified atom stereocenters. The number of benzene rings is 1. The van der Waals surface area contributed by atoms with Crippen molar-refractivity contribution in [1.29, 1.82) is 0 Å². The maximum absolute atomic E-state index is 6.20. The number of nitrogens with one attached hydrogen (secondary N) is 1. The van der Waals surface area contributed by atoms with Crippen LogP contribution in [0.1, 0.15) is 43.7 Å². The fraction of sp³-hybridized carbons (Fsp3) is 0.667. The molecular weight excluding hydrogens is 280 g/mol. The third-order valence-electron chi connectivity index (χ3n) is 5.04. The maximum atomic E-state index is 6.20. The van der Waals surface area contributed by atoms with E-state index in [1.165, 1.54) is 31.2 Å². The Kier molecular flexibility index (Phi) is 5.70. The third kappa shape index (κ3) is 4.21. The van der Waals surface area contributed by atoms with Gasteiger partial charge in [-0.05, 0) is 57.0 Å². The van der Waals surface area contributed by atoms with Crippen LogP contribution >= 0.6 is 11.6 Å². The lowest BCUT2D eigenvalue weighted by Crippen LogP contribution is -2.54. The van der Waals surface area contributed by atoms with Gasteiger partial charge in [-0.25, -0.2) is 0 Å². The van der Waals surface area contributed by atoms with Gasteiger partial charge in [0, 0.05) is 23.7 Å². The van der Waals surface area contributed by atoms with E-state index in [2.05, 4.69) is 49.4 Å². The van der Waals surface area contributed by atoms with Crippen LogP contribution in [0.5, 0.6) is 0 Å². The molecule has 2 nitrogen and oxygen atoms in total. The molecular formula is C18H29ClN2. The average molecular weight is 309 g/mol. The summed E-state index contributed by atoms with van der Waals surface area (Å²) in [4.78, 5) is 2.43. The molecule has 3 heteroatoms. The molecule has 1 saturated carbocycles. The predicted octanol–water partition coefficient (Wildman–Crippen LogP) is 4.25. The fourth-order valence-corrected chi connectivity index (χ4v) is 3.75. The first-order chi connectivity index (χ1) is 9.93. The summed E-state index contributed by atoms with van der Waals surface area (Å²) in [7, 11) is 4.45. The molecule has 0 heterocycles. The number of halogens is 1. The van der Waals surface area contributed by atoms with Crippen LogP contribution in [0.25, 0.3) is 0 Å². The number of aryl methyl sites for hydroxylation is 1.